The molecule has 0 heterocycles. The second kappa shape index (κ2) is 11.1. The number of methoxy groups -OCH3 is 2. The summed E-state index contributed by atoms with van der Waals surface area (Å²) in [6.45, 7) is 6.27. The van der Waals surface area contributed by atoms with Crippen LogP contribution in [0.25, 0.3) is 0 Å². The highest BCUT2D eigenvalue weighted by Gasteiger charge is 2.06. The van der Waals surface area contributed by atoms with Gasteiger partial charge in [-0.15, -0.1) is 0 Å². The first-order valence-corrected chi connectivity index (χ1v) is 9.42. The molecule has 152 valence electrons. The molecule has 2 N–H and O–H groups in total. The lowest BCUT2D eigenvalue weighted by molar-refractivity contribution is 0.271. The molecule has 0 aliphatic heterocycles. The maximum atomic E-state index is 5.79. The molecule has 0 radical (unpaired) electrons. The van der Waals surface area contributed by atoms with Crippen molar-refractivity contribution in [3.05, 3.63) is 53.6 Å². The third-order valence-corrected chi connectivity index (χ3v) is 4.07. The van der Waals surface area contributed by atoms with E-state index in [9.17, 15) is 0 Å². The molecular weight excluding hydrogens is 354 g/mol. The summed E-state index contributed by atoms with van der Waals surface area (Å²) in [5.74, 6) is 3.54. The summed E-state index contributed by atoms with van der Waals surface area (Å²) in [6.07, 6.45) is 0. The van der Waals surface area contributed by atoms with Crippen molar-refractivity contribution in [2.75, 3.05) is 27.9 Å². The van der Waals surface area contributed by atoms with Crippen LogP contribution >= 0.6 is 0 Å². The predicted molar refractivity (Wildman–Crippen MR) is 113 cm³/mol. The fourth-order valence-electron chi connectivity index (χ4n) is 2.59. The predicted octanol–water partition coefficient (Wildman–Crippen LogP) is 3.60. The van der Waals surface area contributed by atoms with Crippen LogP contribution in [0.3, 0.4) is 0 Å². The minimum atomic E-state index is 0.501. The largest absolute Gasteiger partial charge is 0.493 e. The first-order valence-electron chi connectivity index (χ1n) is 9.42. The van der Waals surface area contributed by atoms with Gasteiger partial charge in [-0.2, -0.15) is 0 Å². The molecule has 2 aromatic carbocycles. The van der Waals surface area contributed by atoms with Crippen molar-refractivity contribution in [2.45, 2.75) is 26.9 Å². The number of nitrogens with zero attached hydrogens (tertiary/aromatic N) is 1. The minimum absolute atomic E-state index is 0.501. The Labute approximate surface area is 167 Å². The first kappa shape index (κ1) is 21.4. The van der Waals surface area contributed by atoms with Crippen LogP contribution in [0.2, 0.25) is 0 Å². The molecule has 0 aliphatic rings. The van der Waals surface area contributed by atoms with E-state index in [2.05, 4.69) is 41.6 Å². The van der Waals surface area contributed by atoms with E-state index in [1.165, 1.54) is 0 Å². The molecule has 2 rings (SSSR count). The number of guanidine groups is 1. The number of nitrogens with one attached hydrogen (secondary N) is 2. The Morgan fingerprint density at radius 2 is 1.61 bits per heavy atom. The van der Waals surface area contributed by atoms with Crippen molar-refractivity contribution in [2.24, 2.45) is 10.9 Å². The monoisotopic (exact) mass is 385 g/mol. The number of aliphatic imine (C=N–C) groups is 1. The zero-order valence-electron chi connectivity index (χ0n) is 17.4. The van der Waals surface area contributed by atoms with Crippen molar-refractivity contribution in [1.29, 1.82) is 0 Å². The Morgan fingerprint density at radius 3 is 2.21 bits per heavy atom. The molecule has 0 spiro atoms. The molecule has 0 bridgehead atoms. The molecule has 6 nitrogen and oxygen atoms in total. The fourth-order valence-corrected chi connectivity index (χ4v) is 2.59. The molecule has 0 saturated heterocycles. The average molecular weight is 386 g/mol. The van der Waals surface area contributed by atoms with Crippen molar-refractivity contribution in [3.8, 4) is 17.2 Å². The number of benzene rings is 2. The van der Waals surface area contributed by atoms with Gasteiger partial charge in [-0.3, -0.25) is 4.99 Å². The normalized spacial score (nSPS) is 11.3. The number of hydrogen-bond acceptors (Lipinski definition) is 4. The van der Waals surface area contributed by atoms with Gasteiger partial charge in [0, 0.05) is 20.1 Å². The molecule has 28 heavy (non-hydrogen) atoms. The van der Waals surface area contributed by atoms with Gasteiger partial charge in [-0.25, -0.2) is 0 Å². The van der Waals surface area contributed by atoms with Gasteiger partial charge >= 0.3 is 0 Å². The minimum Gasteiger partial charge on any atom is -0.493 e. The highest BCUT2D eigenvalue weighted by molar-refractivity contribution is 5.79. The summed E-state index contributed by atoms with van der Waals surface area (Å²) >= 11 is 0. The lowest BCUT2D eigenvalue weighted by Gasteiger charge is -2.14. The van der Waals surface area contributed by atoms with E-state index < -0.39 is 0 Å². The van der Waals surface area contributed by atoms with Crippen LogP contribution in [0.5, 0.6) is 17.2 Å². The average Bonchev–Trinajstić information content (AvgIpc) is 2.72. The van der Waals surface area contributed by atoms with Gasteiger partial charge in [0.2, 0.25) is 0 Å². The Morgan fingerprint density at radius 1 is 0.929 bits per heavy atom. The van der Waals surface area contributed by atoms with Crippen LogP contribution in [0.4, 0.5) is 0 Å². The second-order valence-corrected chi connectivity index (χ2v) is 6.82. The third-order valence-electron chi connectivity index (χ3n) is 4.07. The third kappa shape index (κ3) is 6.68. The van der Waals surface area contributed by atoms with Crippen molar-refractivity contribution in [3.63, 3.8) is 0 Å². The van der Waals surface area contributed by atoms with E-state index in [0.29, 0.717) is 37.1 Å². The lowest BCUT2D eigenvalue weighted by Crippen LogP contribution is -2.36. The van der Waals surface area contributed by atoms with E-state index in [0.717, 1.165) is 22.8 Å². The Balaban J connectivity index is 1.89. The molecule has 0 unspecified atom stereocenters. The molecule has 0 fully saturated rings. The van der Waals surface area contributed by atoms with E-state index in [4.69, 9.17) is 14.2 Å². The van der Waals surface area contributed by atoms with E-state index in [-0.39, 0.29) is 0 Å². The van der Waals surface area contributed by atoms with Gasteiger partial charge < -0.3 is 24.8 Å². The van der Waals surface area contributed by atoms with Gasteiger partial charge in [0.1, 0.15) is 5.75 Å². The second-order valence-electron chi connectivity index (χ2n) is 6.82. The zero-order chi connectivity index (χ0) is 20.4. The molecule has 0 atom stereocenters. The standard InChI is InChI=1S/C22H31N3O3/c1-16(2)15-28-19-8-6-7-17(11-19)13-24-22(23-3)25-14-18-9-10-20(26-4)21(12-18)27-5/h6-12,16H,13-15H2,1-5H3,(H2,23,24,25). The fraction of sp³-hybridized carbons (Fsp3) is 0.409. The van der Waals surface area contributed by atoms with Gasteiger partial charge in [0.05, 0.1) is 20.8 Å². The van der Waals surface area contributed by atoms with E-state index >= 15 is 0 Å². The van der Waals surface area contributed by atoms with Crippen LogP contribution in [0.15, 0.2) is 47.5 Å². The topological polar surface area (TPSA) is 64.1 Å². The van der Waals surface area contributed by atoms with Crippen molar-refractivity contribution >= 4 is 5.96 Å². The summed E-state index contributed by atoms with van der Waals surface area (Å²) in [5, 5.41) is 6.64. The molecule has 2 aromatic rings. The SMILES string of the molecule is CN=C(NCc1cccc(OCC(C)C)c1)NCc1ccc(OC)c(OC)c1. The van der Waals surface area contributed by atoms with Crippen LogP contribution in [-0.4, -0.2) is 33.8 Å². The summed E-state index contributed by atoms with van der Waals surface area (Å²) in [6, 6.07) is 14.0. The number of hydrogen-bond donors (Lipinski definition) is 2. The summed E-state index contributed by atoms with van der Waals surface area (Å²) in [5.41, 5.74) is 2.21. The summed E-state index contributed by atoms with van der Waals surface area (Å²) in [7, 11) is 5.02. The van der Waals surface area contributed by atoms with Crippen molar-refractivity contribution in [1.82, 2.24) is 10.6 Å². The Bertz CT molecular complexity index is 775. The Kier molecular flexibility index (Phi) is 8.46. The van der Waals surface area contributed by atoms with Crippen LogP contribution in [-0.2, 0) is 13.1 Å². The highest BCUT2D eigenvalue weighted by atomic mass is 16.5. The smallest absolute Gasteiger partial charge is 0.191 e. The van der Waals surface area contributed by atoms with Crippen LogP contribution in [0.1, 0.15) is 25.0 Å². The molecule has 6 heteroatoms. The van der Waals surface area contributed by atoms with Gasteiger partial charge in [0.25, 0.3) is 0 Å². The van der Waals surface area contributed by atoms with E-state index in [1.54, 1.807) is 21.3 Å². The Hall–Kier alpha value is -2.89. The maximum Gasteiger partial charge on any atom is 0.191 e. The molecule has 0 saturated carbocycles. The highest BCUT2D eigenvalue weighted by Crippen LogP contribution is 2.27. The van der Waals surface area contributed by atoms with Crippen LogP contribution in [0, 0.1) is 5.92 Å². The van der Waals surface area contributed by atoms with Gasteiger partial charge in [0.15, 0.2) is 17.5 Å². The number of ether oxygens (including phenoxy) is 3. The molecule has 0 aromatic heterocycles. The van der Waals surface area contributed by atoms with Crippen LogP contribution < -0.4 is 24.8 Å². The zero-order valence-corrected chi connectivity index (χ0v) is 17.4. The molecule has 0 aliphatic carbocycles. The van der Waals surface area contributed by atoms with Gasteiger partial charge in [-0.1, -0.05) is 32.0 Å². The summed E-state index contributed by atoms with van der Waals surface area (Å²) < 4.78 is 16.4. The molecular formula is C22H31N3O3. The lowest BCUT2D eigenvalue weighted by atomic mass is 10.2. The number of rotatable bonds is 9. The van der Waals surface area contributed by atoms with E-state index in [1.807, 2.05) is 30.3 Å². The maximum absolute atomic E-state index is 5.79. The van der Waals surface area contributed by atoms with Gasteiger partial charge in [-0.05, 0) is 41.3 Å². The van der Waals surface area contributed by atoms with Crippen molar-refractivity contribution < 1.29 is 14.2 Å². The first-order chi connectivity index (χ1) is 13.5. The quantitative estimate of drug-likeness (QED) is 0.510. The molecule has 0 amide bonds. The summed E-state index contributed by atoms with van der Waals surface area (Å²) in [4.78, 5) is 4.28.